The minimum atomic E-state index is -0.425. The van der Waals surface area contributed by atoms with Gasteiger partial charge in [-0.3, -0.25) is 14.5 Å². The standard InChI is InChI=1S/C16H30N4O3/c1-13(2)11-14(17)16(22)20-5-3-19(4-6-20)15(21)12-18-7-9-23-10-8-18/h13-14H,3-12,17H2,1-2H3/t14-/m0/s1. The summed E-state index contributed by atoms with van der Waals surface area (Å²) in [7, 11) is 0. The third-order valence-corrected chi connectivity index (χ3v) is 4.45. The minimum absolute atomic E-state index is 0.0129. The number of nitrogens with two attached hydrogens (primary N) is 1. The lowest BCUT2D eigenvalue weighted by Crippen LogP contribution is -2.56. The largest absolute Gasteiger partial charge is 0.379 e. The van der Waals surface area contributed by atoms with Crippen LogP contribution in [0, 0.1) is 5.92 Å². The highest BCUT2D eigenvalue weighted by Gasteiger charge is 2.28. The van der Waals surface area contributed by atoms with Crippen LogP contribution in [0.2, 0.25) is 0 Å². The second kappa shape index (κ2) is 8.61. The minimum Gasteiger partial charge on any atom is -0.379 e. The van der Waals surface area contributed by atoms with Crippen LogP contribution in [0.4, 0.5) is 0 Å². The first-order valence-corrected chi connectivity index (χ1v) is 8.59. The number of nitrogens with zero attached hydrogens (tertiary/aromatic N) is 3. The van der Waals surface area contributed by atoms with Crippen molar-refractivity contribution in [3.63, 3.8) is 0 Å². The first-order valence-electron chi connectivity index (χ1n) is 8.59. The molecule has 2 amide bonds. The number of amides is 2. The van der Waals surface area contributed by atoms with E-state index < -0.39 is 6.04 Å². The van der Waals surface area contributed by atoms with Crippen LogP contribution in [0.1, 0.15) is 20.3 Å². The van der Waals surface area contributed by atoms with Crippen molar-refractivity contribution in [2.24, 2.45) is 11.7 Å². The van der Waals surface area contributed by atoms with Gasteiger partial charge in [0.1, 0.15) is 0 Å². The maximum absolute atomic E-state index is 12.3. The number of hydrogen-bond donors (Lipinski definition) is 1. The van der Waals surface area contributed by atoms with Crippen molar-refractivity contribution in [1.82, 2.24) is 14.7 Å². The Labute approximate surface area is 138 Å². The van der Waals surface area contributed by atoms with Gasteiger partial charge in [0.25, 0.3) is 0 Å². The molecule has 0 aromatic rings. The lowest BCUT2D eigenvalue weighted by atomic mass is 10.0. The molecule has 2 aliphatic heterocycles. The first kappa shape index (κ1) is 18.2. The van der Waals surface area contributed by atoms with Crippen molar-refractivity contribution in [2.75, 3.05) is 59.0 Å². The third-order valence-electron chi connectivity index (χ3n) is 4.45. The molecular formula is C16H30N4O3. The van der Waals surface area contributed by atoms with E-state index >= 15 is 0 Å². The molecule has 1 atom stereocenters. The summed E-state index contributed by atoms with van der Waals surface area (Å²) in [5.41, 5.74) is 5.98. The zero-order valence-electron chi connectivity index (χ0n) is 14.4. The zero-order chi connectivity index (χ0) is 16.8. The van der Waals surface area contributed by atoms with Gasteiger partial charge in [0.05, 0.1) is 25.8 Å². The normalized spacial score (nSPS) is 21.6. The van der Waals surface area contributed by atoms with Crippen molar-refractivity contribution in [2.45, 2.75) is 26.3 Å². The molecule has 0 bridgehead atoms. The van der Waals surface area contributed by atoms with Gasteiger partial charge in [0.15, 0.2) is 0 Å². The summed E-state index contributed by atoms with van der Waals surface area (Å²) >= 11 is 0. The summed E-state index contributed by atoms with van der Waals surface area (Å²) in [6.07, 6.45) is 0.703. The van der Waals surface area contributed by atoms with Crippen LogP contribution >= 0.6 is 0 Å². The average Bonchev–Trinajstić information content (AvgIpc) is 2.54. The maximum atomic E-state index is 12.3. The molecule has 0 aliphatic carbocycles. The molecule has 2 fully saturated rings. The smallest absolute Gasteiger partial charge is 0.239 e. The number of rotatable bonds is 5. The molecule has 0 spiro atoms. The fourth-order valence-electron chi connectivity index (χ4n) is 3.07. The van der Waals surface area contributed by atoms with Crippen molar-refractivity contribution >= 4 is 11.8 Å². The van der Waals surface area contributed by atoms with Crippen molar-refractivity contribution in [3.8, 4) is 0 Å². The van der Waals surface area contributed by atoms with E-state index in [0.717, 1.165) is 13.1 Å². The van der Waals surface area contributed by atoms with Crippen LogP contribution in [-0.2, 0) is 14.3 Å². The van der Waals surface area contributed by atoms with Crippen LogP contribution in [0.5, 0.6) is 0 Å². The molecule has 23 heavy (non-hydrogen) atoms. The molecule has 0 radical (unpaired) electrons. The Morgan fingerprint density at radius 2 is 1.57 bits per heavy atom. The summed E-state index contributed by atoms with van der Waals surface area (Å²) in [6, 6.07) is -0.425. The molecule has 2 N–H and O–H groups in total. The Balaban J connectivity index is 1.74. The van der Waals surface area contributed by atoms with Crippen LogP contribution in [0.3, 0.4) is 0 Å². The Kier molecular flexibility index (Phi) is 6.80. The molecule has 132 valence electrons. The fraction of sp³-hybridized carbons (Fsp3) is 0.875. The lowest BCUT2D eigenvalue weighted by molar-refractivity contribution is -0.141. The number of ether oxygens (including phenoxy) is 1. The predicted octanol–water partition coefficient (Wildman–Crippen LogP) is -0.637. The maximum Gasteiger partial charge on any atom is 0.239 e. The van der Waals surface area contributed by atoms with Crippen LogP contribution in [0.15, 0.2) is 0 Å². The Hall–Kier alpha value is -1.18. The number of carbonyl (C=O) groups excluding carboxylic acids is 2. The van der Waals surface area contributed by atoms with Gasteiger partial charge in [-0.25, -0.2) is 0 Å². The molecule has 0 aromatic heterocycles. The van der Waals surface area contributed by atoms with Crippen molar-refractivity contribution in [1.29, 1.82) is 0 Å². The second-order valence-corrected chi connectivity index (χ2v) is 6.83. The molecule has 0 saturated carbocycles. The third kappa shape index (κ3) is 5.44. The predicted molar refractivity (Wildman–Crippen MR) is 87.8 cm³/mol. The lowest BCUT2D eigenvalue weighted by Gasteiger charge is -2.37. The summed E-state index contributed by atoms with van der Waals surface area (Å²) in [5, 5.41) is 0. The number of carbonyl (C=O) groups is 2. The highest BCUT2D eigenvalue weighted by molar-refractivity contribution is 5.82. The molecule has 0 aromatic carbocycles. The highest BCUT2D eigenvalue weighted by atomic mass is 16.5. The summed E-state index contributed by atoms with van der Waals surface area (Å²) in [5.74, 6) is 0.565. The van der Waals surface area contributed by atoms with E-state index in [9.17, 15) is 9.59 Å². The number of morpholine rings is 1. The number of piperazine rings is 1. The van der Waals surface area contributed by atoms with Gasteiger partial charge in [-0.05, 0) is 12.3 Å². The van der Waals surface area contributed by atoms with E-state index in [0.29, 0.717) is 58.3 Å². The fourth-order valence-corrected chi connectivity index (χ4v) is 3.07. The Morgan fingerprint density at radius 3 is 2.13 bits per heavy atom. The summed E-state index contributed by atoms with van der Waals surface area (Å²) in [4.78, 5) is 30.4. The van der Waals surface area contributed by atoms with Gasteiger partial charge in [0.2, 0.25) is 11.8 Å². The van der Waals surface area contributed by atoms with Crippen LogP contribution in [0.25, 0.3) is 0 Å². The molecule has 7 heteroatoms. The molecule has 7 nitrogen and oxygen atoms in total. The second-order valence-electron chi connectivity index (χ2n) is 6.83. The quantitative estimate of drug-likeness (QED) is 0.727. The van der Waals surface area contributed by atoms with Gasteiger partial charge in [-0.15, -0.1) is 0 Å². The Morgan fingerprint density at radius 1 is 1.00 bits per heavy atom. The summed E-state index contributed by atoms with van der Waals surface area (Å²) in [6.45, 7) is 9.97. The van der Waals surface area contributed by atoms with Gasteiger partial charge < -0.3 is 20.3 Å². The molecule has 2 saturated heterocycles. The first-order chi connectivity index (χ1) is 11.0. The van der Waals surface area contributed by atoms with E-state index in [4.69, 9.17) is 10.5 Å². The topological polar surface area (TPSA) is 79.1 Å². The van der Waals surface area contributed by atoms with E-state index in [1.54, 1.807) is 4.90 Å². The van der Waals surface area contributed by atoms with E-state index in [-0.39, 0.29) is 11.8 Å². The monoisotopic (exact) mass is 326 g/mol. The average molecular weight is 326 g/mol. The SMILES string of the molecule is CC(C)C[C@H](N)C(=O)N1CCN(C(=O)CN2CCOCC2)CC1. The zero-order valence-corrected chi connectivity index (χ0v) is 14.4. The molecule has 2 heterocycles. The number of hydrogen-bond acceptors (Lipinski definition) is 5. The molecule has 2 aliphatic rings. The van der Waals surface area contributed by atoms with Gasteiger partial charge in [-0.2, -0.15) is 0 Å². The van der Waals surface area contributed by atoms with Gasteiger partial charge in [0, 0.05) is 39.3 Å². The van der Waals surface area contributed by atoms with E-state index in [2.05, 4.69) is 18.7 Å². The van der Waals surface area contributed by atoms with Crippen LogP contribution < -0.4 is 5.73 Å². The molecular weight excluding hydrogens is 296 g/mol. The van der Waals surface area contributed by atoms with Crippen molar-refractivity contribution < 1.29 is 14.3 Å². The Bertz CT molecular complexity index is 402. The van der Waals surface area contributed by atoms with Gasteiger partial charge >= 0.3 is 0 Å². The van der Waals surface area contributed by atoms with Gasteiger partial charge in [-0.1, -0.05) is 13.8 Å². The van der Waals surface area contributed by atoms with E-state index in [1.165, 1.54) is 0 Å². The molecule has 2 rings (SSSR count). The highest BCUT2D eigenvalue weighted by Crippen LogP contribution is 2.09. The summed E-state index contributed by atoms with van der Waals surface area (Å²) < 4.78 is 5.29. The van der Waals surface area contributed by atoms with Crippen LogP contribution in [-0.4, -0.2) is 91.6 Å². The van der Waals surface area contributed by atoms with Crippen molar-refractivity contribution in [3.05, 3.63) is 0 Å². The van der Waals surface area contributed by atoms with E-state index in [1.807, 2.05) is 4.90 Å². The molecule has 0 unspecified atom stereocenters.